The molecule has 0 unspecified atom stereocenters. The fraction of sp³-hybridized carbons (Fsp3) is 0.273. The van der Waals surface area contributed by atoms with Crippen LogP contribution in [0.2, 0.25) is 0 Å². The number of benzene rings is 1. The van der Waals surface area contributed by atoms with Crippen LogP contribution in [-0.4, -0.2) is 46.9 Å². The van der Waals surface area contributed by atoms with Gasteiger partial charge in [0.1, 0.15) is 0 Å². The number of hydrogen-bond donors (Lipinski definition) is 0. The van der Waals surface area contributed by atoms with E-state index in [1.54, 1.807) is 24.6 Å². The molecule has 5 heteroatoms. The second kappa shape index (κ2) is 8.18. The highest BCUT2D eigenvalue weighted by molar-refractivity contribution is 5.91. The number of carbonyl (C=O) groups is 1. The number of hydrogen-bond acceptors (Lipinski definition) is 4. The zero-order valence-electron chi connectivity index (χ0n) is 15.3. The number of aromatic nitrogens is 1. The SMILES string of the molecule is O=C(c1ccco1)N1CCCN(Cc2ccc(-c3cccnc3)cc2)CC1. The Labute approximate surface area is 159 Å². The third-order valence-electron chi connectivity index (χ3n) is 4.96. The quantitative estimate of drug-likeness (QED) is 0.711. The maximum absolute atomic E-state index is 12.5. The normalized spacial score (nSPS) is 15.5. The molecule has 27 heavy (non-hydrogen) atoms. The molecule has 1 aliphatic rings. The minimum atomic E-state index is -0.0114. The van der Waals surface area contributed by atoms with Gasteiger partial charge in [0.2, 0.25) is 0 Å². The van der Waals surface area contributed by atoms with E-state index < -0.39 is 0 Å². The fourth-order valence-electron chi connectivity index (χ4n) is 3.48. The number of pyridine rings is 1. The second-order valence-electron chi connectivity index (χ2n) is 6.84. The Morgan fingerprint density at radius 3 is 2.59 bits per heavy atom. The predicted octanol–water partition coefficient (Wildman–Crippen LogP) is 3.69. The Morgan fingerprint density at radius 2 is 1.85 bits per heavy atom. The molecule has 0 saturated carbocycles. The zero-order valence-corrected chi connectivity index (χ0v) is 15.3. The van der Waals surface area contributed by atoms with Crippen molar-refractivity contribution in [2.24, 2.45) is 0 Å². The minimum absolute atomic E-state index is 0.0114. The summed E-state index contributed by atoms with van der Waals surface area (Å²) in [6.07, 6.45) is 6.19. The first-order chi connectivity index (χ1) is 13.3. The molecule has 1 amide bonds. The number of rotatable bonds is 4. The predicted molar refractivity (Wildman–Crippen MR) is 104 cm³/mol. The van der Waals surface area contributed by atoms with Gasteiger partial charge in [-0.1, -0.05) is 30.3 Å². The Hall–Kier alpha value is -2.92. The van der Waals surface area contributed by atoms with Crippen molar-refractivity contribution in [2.75, 3.05) is 26.2 Å². The molecular formula is C22H23N3O2. The highest BCUT2D eigenvalue weighted by atomic mass is 16.3. The van der Waals surface area contributed by atoms with Crippen molar-refractivity contribution in [3.8, 4) is 11.1 Å². The van der Waals surface area contributed by atoms with Gasteiger partial charge < -0.3 is 9.32 Å². The van der Waals surface area contributed by atoms with Gasteiger partial charge in [-0.25, -0.2) is 0 Å². The standard InChI is InChI=1S/C22H23N3O2/c26-22(21-5-2-15-27-21)25-12-3-11-24(13-14-25)17-18-6-8-19(9-7-18)20-4-1-10-23-16-20/h1-2,4-10,15-16H,3,11-14,17H2. The molecule has 1 aromatic carbocycles. The minimum Gasteiger partial charge on any atom is -0.459 e. The summed E-state index contributed by atoms with van der Waals surface area (Å²) in [6, 6.07) is 16.2. The molecule has 1 aliphatic heterocycles. The molecule has 3 aromatic rings. The highest BCUT2D eigenvalue weighted by Crippen LogP contribution is 2.19. The first-order valence-electron chi connectivity index (χ1n) is 9.34. The third-order valence-corrected chi connectivity index (χ3v) is 4.96. The van der Waals surface area contributed by atoms with E-state index in [4.69, 9.17) is 4.42 Å². The van der Waals surface area contributed by atoms with E-state index in [-0.39, 0.29) is 5.91 Å². The molecule has 2 aromatic heterocycles. The molecule has 4 rings (SSSR count). The van der Waals surface area contributed by atoms with Gasteiger partial charge in [-0.3, -0.25) is 14.7 Å². The van der Waals surface area contributed by atoms with E-state index in [0.29, 0.717) is 5.76 Å². The maximum atomic E-state index is 12.5. The molecule has 0 N–H and O–H groups in total. The smallest absolute Gasteiger partial charge is 0.289 e. The van der Waals surface area contributed by atoms with Gasteiger partial charge in [-0.05, 0) is 41.3 Å². The highest BCUT2D eigenvalue weighted by Gasteiger charge is 2.21. The van der Waals surface area contributed by atoms with E-state index in [2.05, 4.69) is 40.2 Å². The topological polar surface area (TPSA) is 49.6 Å². The van der Waals surface area contributed by atoms with Crippen molar-refractivity contribution in [1.29, 1.82) is 0 Å². The largest absolute Gasteiger partial charge is 0.459 e. The molecule has 0 bridgehead atoms. The first kappa shape index (κ1) is 17.5. The molecule has 0 aliphatic carbocycles. The van der Waals surface area contributed by atoms with Crippen LogP contribution in [0.3, 0.4) is 0 Å². The molecule has 1 fully saturated rings. The summed E-state index contributed by atoms with van der Waals surface area (Å²) in [6.45, 7) is 4.27. The summed E-state index contributed by atoms with van der Waals surface area (Å²) in [4.78, 5) is 20.9. The fourth-order valence-corrected chi connectivity index (χ4v) is 3.48. The van der Waals surface area contributed by atoms with Crippen molar-refractivity contribution in [2.45, 2.75) is 13.0 Å². The Morgan fingerprint density at radius 1 is 0.963 bits per heavy atom. The van der Waals surface area contributed by atoms with E-state index in [0.717, 1.165) is 44.7 Å². The van der Waals surface area contributed by atoms with Gasteiger partial charge in [0.05, 0.1) is 6.26 Å². The number of nitrogens with zero attached hydrogens (tertiary/aromatic N) is 3. The average molecular weight is 361 g/mol. The van der Waals surface area contributed by atoms with E-state index in [9.17, 15) is 4.79 Å². The third kappa shape index (κ3) is 4.26. The average Bonchev–Trinajstić information content (AvgIpc) is 3.16. The van der Waals surface area contributed by atoms with Crippen LogP contribution < -0.4 is 0 Å². The molecule has 0 atom stereocenters. The number of amides is 1. The molecule has 0 spiro atoms. The first-order valence-corrected chi connectivity index (χ1v) is 9.34. The van der Waals surface area contributed by atoms with Crippen LogP contribution in [0.5, 0.6) is 0 Å². The van der Waals surface area contributed by atoms with Crippen molar-refractivity contribution in [3.05, 3.63) is 78.5 Å². The Balaban J connectivity index is 1.35. The molecule has 3 heterocycles. The van der Waals surface area contributed by atoms with Crippen LogP contribution in [-0.2, 0) is 6.54 Å². The van der Waals surface area contributed by atoms with Crippen molar-refractivity contribution >= 4 is 5.91 Å². The van der Waals surface area contributed by atoms with E-state index in [1.807, 2.05) is 17.2 Å². The lowest BCUT2D eigenvalue weighted by Gasteiger charge is -2.21. The molecule has 1 saturated heterocycles. The summed E-state index contributed by atoms with van der Waals surface area (Å²) in [5, 5.41) is 0. The van der Waals surface area contributed by atoms with E-state index in [1.165, 1.54) is 11.1 Å². The lowest BCUT2D eigenvalue weighted by molar-refractivity contribution is 0.0729. The number of furan rings is 1. The molecule has 138 valence electrons. The van der Waals surface area contributed by atoms with Crippen molar-refractivity contribution < 1.29 is 9.21 Å². The van der Waals surface area contributed by atoms with Crippen LogP contribution in [0.4, 0.5) is 0 Å². The lowest BCUT2D eigenvalue weighted by atomic mass is 10.1. The van der Waals surface area contributed by atoms with Gasteiger partial charge >= 0.3 is 0 Å². The summed E-state index contributed by atoms with van der Waals surface area (Å²) in [5.74, 6) is 0.414. The lowest BCUT2D eigenvalue weighted by Crippen LogP contribution is -2.34. The Kier molecular flexibility index (Phi) is 5.30. The van der Waals surface area contributed by atoms with Crippen LogP contribution in [0.25, 0.3) is 11.1 Å². The Bertz CT molecular complexity index is 860. The molecular weight excluding hydrogens is 338 g/mol. The van der Waals surface area contributed by atoms with Crippen LogP contribution >= 0.6 is 0 Å². The van der Waals surface area contributed by atoms with Gasteiger partial charge in [-0.2, -0.15) is 0 Å². The summed E-state index contributed by atoms with van der Waals surface area (Å²) in [7, 11) is 0. The van der Waals surface area contributed by atoms with Crippen LogP contribution in [0.1, 0.15) is 22.5 Å². The maximum Gasteiger partial charge on any atom is 0.289 e. The van der Waals surface area contributed by atoms with Crippen molar-refractivity contribution in [1.82, 2.24) is 14.8 Å². The van der Waals surface area contributed by atoms with E-state index >= 15 is 0 Å². The summed E-state index contributed by atoms with van der Waals surface area (Å²) < 4.78 is 5.25. The number of carbonyl (C=O) groups excluding carboxylic acids is 1. The van der Waals surface area contributed by atoms with Gasteiger partial charge in [0, 0.05) is 45.1 Å². The monoisotopic (exact) mass is 361 g/mol. The second-order valence-corrected chi connectivity index (χ2v) is 6.84. The molecule has 5 nitrogen and oxygen atoms in total. The van der Waals surface area contributed by atoms with Crippen LogP contribution in [0.15, 0.2) is 71.6 Å². The summed E-state index contributed by atoms with van der Waals surface area (Å²) >= 11 is 0. The zero-order chi connectivity index (χ0) is 18.5. The molecule has 0 radical (unpaired) electrons. The van der Waals surface area contributed by atoms with Crippen molar-refractivity contribution in [3.63, 3.8) is 0 Å². The summed E-state index contributed by atoms with van der Waals surface area (Å²) in [5.41, 5.74) is 3.59. The van der Waals surface area contributed by atoms with Gasteiger partial charge in [-0.15, -0.1) is 0 Å². The van der Waals surface area contributed by atoms with Gasteiger partial charge in [0.15, 0.2) is 5.76 Å². The van der Waals surface area contributed by atoms with Gasteiger partial charge in [0.25, 0.3) is 5.91 Å². The van der Waals surface area contributed by atoms with Crippen LogP contribution in [0, 0.1) is 0 Å².